The molecule has 0 aliphatic carbocycles. The molecule has 1 aromatic heterocycles. The van der Waals surface area contributed by atoms with Gasteiger partial charge in [0.15, 0.2) is 0 Å². The molecular formula is C8H12N2O4S. The molecule has 0 spiro atoms. The van der Waals surface area contributed by atoms with Crippen molar-refractivity contribution in [1.82, 2.24) is 9.63 Å². The highest BCUT2D eigenvalue weighted by molar-refractivity contribution is 7.88. The third-order valence-electron chi connectivity index (χ3n) is 2.04. The van der Waals surface area contributed by atoms with Gasteiger partial charge in [-0.25, -0.2) is 8.42 Å². The Hall–Kier alpha value is -0.920. The Labute approximate surface area is 87.8 Å². The van der Waals surface area contributed by atoms with Crippen LogP contribution in [0.2, 0.25) is 0 Å². The van der Waals surface area contributed by atoms with Crippen molar-refractivity contribution in [3.05, 3.63) is 17.5 Å². The molecule has 0 saturated carbocycles. The van der Waals surface area contributed by atoms with E-state index in [-0.39, 0.29) is 5.75 Å². The van der Waals surface area contributed by atoms with Crippen LogP contribution < -0.4 is 0 Å². The average molecular weight is 232 g/mol. The van der Waals surface area contributed by atoms with E-state index >= 15 is 0 Å². The molecule has 1 aliphatic rings. The van der Waals surface area contributed by atoms with Crippen LogP contribution in [-0.2, 0) is 20.6 Å². The fourth-order valence-corrected chi connectivity index (χ4v) is 2.69. The maximum Gasteiger partial charge on any atom is 0.241 e. The van der Waals surface area contributed by atoms with Crippen LogP contribution in [0.3, 0.4) is 0 Å². The molecular weight excluding hydrogens is 220 g/mol. The Kier molecular flexibility index (Phi) is 2.76. The second kappa shape index (κ2) is 3.92. The zero-order valence-corrected chi connectivity index (χ0v) is 9.16. The lowest BCUT2D eigenvalue weighted by molar-refractivity contribution is -0.0286. The van der Waals surface area contributed by atoms with E-state index in [9.17, 15) is 8.42 Å². The third kappa shape index (κ3) is 2.36. The lowest BCUT2D eigenvalue weighted by atomic mass is 10.4. The molecule has 0 unspecified atom stereocenters. The summed E-state index contributed by atoms with van der Waals surface area (Å²) < 4.78 is 29.3. The van der Waals surface area contributed by atoms with Crippen LogP contribution in [0.15, 0.2) is 10.6 Å². The van der Waals surface area contributed by atoms with Gasteiger partial charge in [-0.1, -0.05) is 9.63 Å². The minimum absolute atomic E-state index is 0.176. The summed E-state index contributed by atoms with van der Waals surface area (Å²) in [4.78, 5) is 4.98. The molecule has 1 fully saturated rings. The van der Waals surface area contributed by atoms with Gasteiger partial charge < -0.3 is 4.52 Å². The van der Waals surface area contributed by atoms with Crippen molar-refractivity contribution in [3.8, 4) is 0 Å². The Bertz CT molecular complexity index is 433. The molecule has 0 bridgehead atoms. The fourth-order valence-electron chi connectivity index (χ4n) is 1.39. The summed E-state index contributed by atoms with van der Waals surface area (Å²) in [7, 11) is -3.41. The number of aryl methyl sites for hydroxylation is 1. The lowest BCUT2D eigenvalue weighted by Gasteiger charge is -2.12. The molecule has 0 amide bonds. The highest BCUT2D eigenvalue weighted by atomic mass is 32.2. The first-order valence-electron chi connectivity index (χ1n) is 4.63. The summed E-state index contributed by atoms with van der Waals surface area (Å²) in [6.45, 7) is 2.59. The van der Waals surface area contributed by atoms with Gasteiger partial charge in [0, 0.05) is 12.6 Å². The van der Waals surface area contributed by atoms with Crippen molar-refractivity contribution >= 4 is 10.0 Å². The predicted molar refractivity (Wildman–Crippen MR) is 51.1 cm³/mol. The molecule has 2 rings (SSSR count). The van der Waals surface area contributed by atoms with Gasteiger partial charge >= 0.3 is 0 Å². The van der Waals surface area contributed by atoms with Gasteiger partial charge in [-0.2, -0.15) is 0 Å². The van der Waals surface area contributed by atoms with Gasteiger partial charge in [-0.3, -0.25) is 4.84 Å². The number of nitrogens with zero attached hydrogens (tertiary/aromatic N) is 2. The summed E-state index contributed by atoms with van der Waals surface area (Å²) in [6, 6.07) is 1.60. The quantitative estimate of drug-likeness (QED) is 0.756. The molecule has 6 nitrogen and oxygen atoms in total. The lowest BCUT2D eigenvalue weighted by Crippen LogP contribution is -2.28. The van der Waals surface area contributed by atoms with Crippen LogP contribution in [0, 0.1) is 6.92 Å². The van der Waals surface area contributed by atoms with Gasteiger partial charge in [0.05, 0.1) is 6.61 Å². The van der Waals surface area contributed by atoms with Crippen LogP contribution in [0.1, 0.15) is 17.9 Å². The van der Waals surface area contributed by atoms with Crippen molar-refractivity contribution in [2.45, 2.75) is 19.1 Å². The van der Waals surface area contributed by atoms with Crippen molar-refractivity contribution in [2.75, 3.05) is 13.2 Å². The topological polar surface area (TPSA) is 72.6 Å². The van der Waals surface area contributed by atoms with E-state index in [1.807, 2.05) is 0 Å². The van der Waals surface area contributed by atoms with Crippen molar-refractivity contribution in [3.63, 3.8) is 0 Å². The van der Waals surface area contributed by atoms with Crippen LogP contribution >= 0.6 is 0 Å². The van der Waals surface area contributed by atoms with E-state index in [4.69, 9.17) is 9.36 Å². The normalized spacial score (nSPS) is 18.5. The zero-order chi connectivity index (χ0) is 10.9. The molecule has 0 atom stereocenters. The first-order chi connectivity index (χ1) is 7.08. The van der Waals surface area contributed by atoms with Crippen LogP contribution in [0.4, 0.5) is 0 Å². The highest BCUT2D eigenvalue weighted by Gasteiger charge is 2.27. The summed E-state index contributed by atoms with van der Waals surface area (Å²) >= 11 is 0. The van der Waals surface area contributed by atoms with Crippen LogP contribution in [0.5, 0.6) is 0 Å². The Balaban J connectivity index is 2.10. The second-order valence-corrected chi connectivity index (χ2v) is 5.26. The Morgan fingerprint density at radius 3 is 2.93 bits per heavy atom. The molecule has 1 saturated heterocycles. The molecule has 0 radical (unpaired) electrons. The van der Waals surface area contributed by atoms with Gasteiger partial charge in [-0.05, 0) is 13.3 Å². The molecule has 1 aliphatic heterocycles. The number of hydrogen-bond acceptors (Lipinski definition) is 5. The molecule has 2 heterocycles. The minimum atomic E-state index is -3.41. The number of aromatic nitrogens is 1. The SMILES string of the molecule is Cc1cc(CS(=O)(=O)N2CCCO2)no1. The van der Waals surface area contributed by atoms with E-state index in [0.717, 1.165) is 10.9 Å². The van der Waals surface area contributed by atoms with Crippen LogP contribution in [-0.4, -0.2) is 31.2 Å². The number of hydrogen-bond donors (Lipinski definition) is 0. The first-order valence-corrected chi connectivity index (χ1v) is 6.24. The molecule has 0 N–H and O–H groups in total. The molecule has 1 aromatic rings. The van der Waals surface area contributed by atoms with Crippen molar-refractivity contribution in [1.29, 1.82) is 0 Å². The highest BCUT2D eigenvalue weighted by Crippen LogP contribution is 2.15. The molecule has 7 heteroatoms. The summed E-state index contributed by atoms with van der Waals surface area (Å²) in [6.07, 6.45) is 0.733. The minimum Gasteiger partial charge on any atom is -0.361 e. The second-order valence-electron chi connectivity index (χ2n) is 3.40. The zero-order valence-electron chi connectivity index (χ0n) is 8.34. The summed E-state index contributed by atoms with van der Waals surface area (Å²) in [5.74, 6) is 0.423. The Morgan fingerprint density at radius 1 is 1.60 bits per heavy atom. The maximum absolute atomic E-state index is 11.7. The largest absolute Gasteiger partial charge is 0.361 e. The molecule has 15 heavy (non-hydrogen) atoms. The van der Waals surface area contributed by atoms with Gasteiger partial charge in [-0.15, -0.1) is 0 Å². The van der Waals surface area contributed by atoms with E-state index < -0.39 is 10.0 Å². The average Bonchev–Trinajstić information content (AvgIpc) is 2.75. The van der Waals surface area contributed by atoms with E-state index in [0.29, 0.717) is 24.6 Å². The number of rotatable bonds is 3. The maximum atomic E-state index is 11.7. The van der Waals surface area contributed by atoms with Gasteiger partial charge in [0.25, 0.3) is 0 Å². The predicted octanol–water partition coefficient (Wildman–Crippen LogP) is 0.450. The van der Waals surface area contributed by atoms with E-state index in [2.05, 4.69) is 5.16 Å². The third-order valence-corrected chi connectivity index (χ3v) is 3.61. The number of sulfonamides is 1. The fraction of sp³-hybridized carbons (Fsp3) is 0.625. The van der Waals surface area contributed by atoms with Gasteiger partial charge in [0.2, 0.25) is 10.0 Å². The first kappa shape index (κ1) is 10.6. The molecule has 84 valence electrons. The Morgan fingerprint density at radius 2 is 2.40 bits per heavy atom. The van der Waals surface area contributed by atoms with Crippen LogP contribution in [0.25, 0.3) is 0 Å². The van der Waals surface area contributed by atoms with E-state index in [1.165, 1.54) is 0 Å². The summed E-state index contributed by atoms with van der Waals surface area (Å²) in [5.41, 5.74) is 0.406. The van der Waals surface area contributed by atoms with Crippen molar-refractivity contribution in [2.24, 2.45) is 0 Å². The summed E-state index contributed by atoms with van der Waals surface area (Å²) in [5, 5.41) is 3.64. The van der Waals surface area contributed by atoms with E-state index in [1.54, 1.807) is 13.0 Å². The monoisotopic (exact) mass is 232 g/mol. The van der Waals surface area contributed by atoms with Crippen molar-refractivity contribution < 1.29 is 17.8 Å². The standard InChI is InChI=1S/C8H12N2O4S/c1-7-5-8(9-14-7)6-15(11,12)10-3-2-4-13-10/h5H,2-4,6H2,1H3. The van der Waals surface area contributed by atoms with Gasteiger partial charge in [0.1, 0.15) is 17.2 Å². The smallest absolute Gasteiger partial charge is 0.241 e. The number of hydroxylamine groups is 1. The molecule has 0 aromatic carbocycles.